The topological polar surface area (TPSA) is 40.1 Å². The molecule has 0 heterocycles. The Labute approximate surface area is 54.4 Å². The molecule has 0 amide bonds. The van der Waals surface area contributed by atoms with Gasteiger partial charge in [-0.2, -0.15) is 0 Å². The van der Waals surface area contributed by atoms with Gasteiger partial charge >= 0.3 is 18.9 Å². The molecule has 3 heteroatoms. The van der Waals surface area contributed by atoms with Gasteiger partial charge in [0, 0.05) is 0 Å². The second-order valence-electron chi connectivity index (χ2n) is 0.819. The largest absolute Gasteiger partial charge is 1.00 e. The third-order valence-electron chi connectivity index (χ3n) is 0.303. The van der Waals surface area contributed by atoms with Crippen molar-refractivity contribution in [2.45, 2.75) is 6.92 Å². The Morgan fingerprint density at radius 3 is 2.14 bits per heavy atom. The molecule has 0 aromatic rings. The molecule has 0 spiro atoms. The normalized spacial score (nSPS) is 8.14. The van der Waals surface area contributed by atoms with Crippen molar-refractivity contribution >= 4 is 5.97 Å². The average Bonchev–Trinajstić information content (AvgIpc) is 1.35. The van der Waals surface area contributed by atoms with Crippen LogP contribution >= 0.6 is 0 Å². The van der Waals surface area contributed by atoms with Gasteiger partial charge in [-0.1, -0.05) is 6.08 Å². The SMILES string of the molecule is C/C=C\C(=O)[O-].[Li+]. The first-order chi connectivity index (χ1) is 2.77. The molecule has 0 unspecified atom stereocenters. The van der Waals surface area contributed by atoms with Crippen LogP contribution in [0.2, 0.25) is 0 Å². The zero-order valence-corrected chi connectivity index (χ0v) is 4.47. The minimum absolute atomic E-state index is 0. The van der Waals surface area contributed by atoms with E-state index in [2.05, 4.69) is 0 Å². The number of carbonyl (C=O) groups is 1. The van der Waals surface area contributed by atoms with Crippen molar-refractivity contribution in [1.29, 1.82) is 0 Å². The molecule has 0 aromatic heterocycles. The molecule has 0 fully saturated rings. The summed E-state index contributed by atoms with van der Waals surface area (Å²) in [5.74, 6) is -1.14. The molecule has 0 aliphatic carbocycles. The van der Waals surface area contributed by atoms with Gasteiger partial charge in [-0.25, -0.2) is 0 Å². The molecule has 0 aromatic carbocycles. The summed E-state index contributed by atoms with van der Waals surface area (Å²) >= 11 is 0. The second kappa shape index (κ2) is 5.81. The van der Waals surface area contributed by atoms with E-state index in [0.29, 0.717) is 0 Å². The summed E-state index contributed by atoms with van der Waals surface area (Å²) in [7, 11) is 0. The van der Waals surface area contributed by atoms with Crippen LogP contribution in [0.1, 0.15) is 6.92 Å². The van der Waals surface area contributed by atoms with Gasteiger partial charge in [-0.3, -0.25) is 0 Å². The van der Waals surface area contributed by atoms with Crippen LogP contribution in [0.3, 0.4) is 0 Å². The molecular formula is C4H5LiO2. The van der Waals surface area contributed by atoms with E-state index < -0.39 is 5.97 Å². The summed E-state index contributed by atoms with van der Waals surface area (Å²) in [6.07, 6.45) is 2.38. The van der Waals surface area contributed by atoms with Crippen LogP contribution < -0.4 is 24.0 Å². The van der Waals surface area contributed by atoms with Gasteiger partial charge in [-0.05, 0) is 13.0 Å². The fourth-order valence-corrected chi connectivity index (χ4v) is 0.136. The maximum absolute atomic E-state index is 9.40. The zero-order valence-electron chi connectivity index (χ0n) is 4.47. The van der Waals surface area contributed by atoms with Crippen LogP contribution in [0.25, 0.3) is 0 Å². The quantitative estimate of drug-likeness (QED) is 0.247. The molecule has 0 rings (SSSR count). The fraction of sp³-hybridized carbons (Fsp3) is 0.250. The molecule has 0 saturated heterocycles. The molecule has 34 valence electrons. The average molecular weight is 92.0 g/mol. The van der Waals surface area contributed by atoms with E-state index >= 15 is 0 Å². The number of hydrogen-bond acceptors (Lipinski definition) is 2. The molecule has 0 atom stereocenters. The molecule has 0 radical (unpaired) electrons. The van der Waals surface area contributed by atoms with E-state index in [9.17, 15) is 9.90 Å². The molecule has 0 saturated carbocycles. The molecule has 0 bridgehead atoms. The van der Waals surface area contributed by atoms with Gasteiger partial charge in [0.2, 0.25) is 0 Å². The molecule has 2 nitrogen and oxygen atoms in total. The van der Waals surface area contributed by atoms with Crippen LogP contribution in [0, 0.1) is 0 Å². The van der Waals surface area contributed by atoms with Gasteiger partial charge < -0.3 is 9.90 Å². The fourth-order valence-electron chi connectivity index (χ4n) is 0.136. The number of carbonyl (C=O) groups excluding carboxylic acids is 1. The predicted octanol–water partition coefficient (Wildman–Crippen LogP) is -3.68. The number of hydrogen-bond donors (Lipinski definition) is 0. The van der Waals surface area contributed by atoms with Gasteiger partial charge in [0.1, 0.15) is 0 Å². The Balaban J connectivity index is 0. The first kappa shape index (κ1) is 9.93. The predicted molar refractivity (Wildman–Crippen MR) is 19.8 cm³/mol. The zero-order chi connectivity index (χ0) is 4.99. The monoisotopic (exact) mass is 92.0 g/mol. The summed E-state index contributed by atoms with van der Waals surface area (Å²) in [6.45, 7) is 1.62. The maximum Gasteiger partial charge on any atom is 1.00 e. The van der Waals surface area contributed by atoms with E-state index in [0.717, 1.165) is 6.08 Å². The van der Waals surface area contributed by atoms with Crippen molar-refractivity contribution in [3.05, 3.63) is 12.2 Å². The van der Waals surface area contributed by atoms with Crippen molar-refractivity contribution < 1.29 is 28.8 Å². The third kappa shape index (κ3) is 10.7. The summed E-state index contributed by atoms with van der Waals surface area (Å²) in [4.78, 5) is 9.40. The van der Waals surface area contributed by atoms with Gasteiger partial charge in [-0.15, -0.1) is 0 Å². The molecular weight excluding hydrogens is 87.0 g/mol. The van der Waals surface area contributed by atoms with E-state index in [-0.39, 0.29) is 18.9 Å². The second-order valence-corrected chi connectivity index (χ2v) is 0.819. The van der Waals surface area contributed by atoms with Crippen molar-refractivity contribution in [2.75, 3.05) is 0 Å². The Bertz CT molecular complexity index is 77.8. The number of aliphatic carboxylic acids is 1. The van der Waals surface area contributed by atoms with E-state index in [1.807, 2.05) is 0 Å². The van der Waals surface area contributed by atoms with E-state index in [4.69, 9.17) is 0 Å². The number of rotatable bonds is 1. The van der Waals surface area contributed by atoms with Crippen LogP contribution in [0.4, 0.5) is 0 Å². The van der Waals surface area contributed by atoms with Gasteiger partial charge in [0.05, 0.1) is 5.97 Å². The third-order valence-corrected chi connectivity index (χ3v) is 0.303. The molecule has 0 aliphatic rings. The summed E-state index contributed by atoms with van der Waals surface area (Å²) in [5.41, 5.74) is 0. The first-order valence-corrected chi connectivity index (χ1v) is 1.61. The number of allylic oxidation sites excluding steroid dienone is 1. The summed E-state index contributed by atoms with van der Waals surface area (Å²) < 4.78 is 0. The van der Waals surface area contributed by atoms with Gasteiger partial charge in [0.25, 0.3) is 0 Å². The summed E-state index contributed by atoms with van der Waals surface area (Å²) in [5, 5.41) is 9.40. The Morgan fingerprint density at radius 2 is 2.14 bits per heavy atom. The van der Waals surface area contributed by atoms with Crippen molar-refractivity contribution in [3.63, 3.8) is 0 Å². The van der Waals surface area contributed by atoms with Crippen molar-refractivity contribution in [1.82, 2.24) is 0 Å². The van der Waals surface area contributed by atoms with Crippen LogP contribution in [0.5, 0.6) is 0 Å². The Hall–Kier alpha value is -0.193. The smallest absolute Gasteiger partial charge is 0.545 e. The van der Waals surface area contributed by atoms with E-state index in [1.165, 1.54) is 6.08 Å². The number of carboxylic acid groups (broad SMARTS) is 1. The van der Waals surface area contributed by atoms with E-state index in [1.54, 1.807) is 6.92 Å². The van der Waals surface area contributed by atoms with Crippen LogP contribution in [-0.2, 0) is 4.79 Å². The molecule has 0 N–H and O–H groups in total. The molecule has 0 aliphatic heterocycles. The van der Waals surface area contributed by atoms with Crippen molar-refractivity contribution in [2.24, 2.45) is 0 Å². The minimum Gasteiger partial charge on any atom is -0.545 e. The van der Waals surface area contributed by atoms with Gasteiger partial charge in [0.15, 0.2) is 0 Å². The Morgan fingerprint density at radius 1 is 1.71 bits per heavy atom. The number of carboxylic acids is 1. The Kier molecular flexibility index (Phi) is 8.24. The maximum atomic E-state index is 9.40. The van der Waals surface area contributed by atoms with Crippen molar-refractivity contribution in [3.8, 4) is 0 Å². The minimum atomic E-state index is -1.14. The van der Waals surface area contributed by atoms with Crippen LogP contribution in [-0.4, -0.2) is 5.97 Å². The summed E-state index contributed by atoms with van der Waals surface area (Å²) in [6, 6.07) is 0. The standard InChI is InChI=1S/C4H6O2.Li/c1-2-3-4(5)6;/h2-3H,1H3,(H,5,6);/q;+1/p-1/b3-2-;. The molecule has 7 heavy (non-hydrogen) atoms. The first-order valence-electron chi connectivity index (χ1n) is 1.61. The van der Waals surface area contributed by atoms with Crippen LogP contribution in [0.15, 0.2) is 12.2 Å².